The molecule has 132 valence electrons. The summed E-state index contributed by atoms with van der Waals surface area (Å²) >= 11 is 0. The molecule has 1 N–H and O–H groups in total. The van der Waals surface area contributed by atoms with Crippen molar-refractivity contribution in [3.8, 4) is 5.88 Å². The second-order valence-electron chi connectivity index (χ2n) is 5.63. The molecule has 0 unspecified atom stereocenters. The first-order valence-electron chi connectivity index (χ1n) is 8.28. The van der Waals surface area contributed by atoms with Crippen molar-refractivity contribution in [2.75, 3.05) is 33.9 Å². The number of nitrogens with zero attached hydrogens (tertiary/aromatic N) is 3. The van der Waals surface area contributed by atoms with E-state index >= 15 is 0 Å². The molecule has 0 saturated carbocycles. The van der Waals surface area contributed by atoms with E-state index < -0.39 is 0 Å². The quantitative estimate of drug-likeness (QED) is 0.499. The number of methoxy groups -OCH3 is 2. The van der Waals surface area contributed by atoms with Crippen molar-refractivity contribution >= 4 is 11.9 Å². The normalized spacial score (nSPS) is 16.0. The molecule has 2 rings (SSSR count). The van der Waals surface area contributed by atoms with Gasteiger partial charge in [0.25, 0.3) is 0 Å². The number of carbonyl (C=O) groups excluding carboxylic acids is 1. The van der Waals surface area contributed by atoms with E-state index in [2.05, 4.69) is 15.2 Å². The number of pyridine rings is 1. The predicted molar refractivity (Wildman–Crippen MR) is 91.9 cm³/mol. The second-order valence-corrected chi connectivity index (χ2v) is 5.63. The van der Waals surface area contributed by atoms with E-state index in [9.17, 15) is 4.79 Å². The smallest absolute Gasteiger partial charge is 0.308 e. The molecule has 1 aliphatic heterocycles. The molecular formula is C17H26N4O3. The van der Waals surface area contributed by atoms with E-state index in [1.807, 2.05) is 19.1 Å². The third-order valence-corrected chi connectivity index (χ3v) is 4.11. The highest BCUT2D eigenvalue weighted by molar-refractivity contribution is 5.80. The van der Waals surface area contributed by atoms with Crippen LogP contribution in [-0.2, 0) is 16.1 Å². The lowest BCUT2D eigenvalue weighted by Crippen LogP contribution is -2.46. The molecule has 1 aromatic rings. The van der Waals surface area contributed by atoms with Gasteiger partial charge in [0.2, 0.25) is 5.88 Å². The summed E-state index contributed by atoms with van der Waals surface area (Å²) in [7, 11) is 3.06. The third-order valence-electron chi connectivity index (χ3n) is 4.11. The van der Waals surface area contributed by atoms with Crippen LogP contribution >= 0.6 is 0 Å². The van der Waals surface area contributed by atoms with Crippen molar-refractivity contribution in [1.82, 2.24) is 15.2 Å². The van der Waals surface area contributed by atoms with Gasteiger partial charge < -0.3 is 19.7 Å². The van der Waals surface area contributed by atoms with Crippen LogP contribution in [0.4, 0.5) is 0 Å². The van der Waals surface area contributed by atoms with E-state index in [0.717, 1.165) is 44.0 Å². The number of aromatic nitrogens is 1. The van der Waals surface area contributed by atoms with Crippen LogP contribution in [0, 0.1) is 5.92 Å². The van der Waals surface area contributed by atoms with Gasteiger partial charge in [0.15, 0.2) is 5.96 Å². The number of piperidine rings is 1. The van der Waals surface area contributed by atoms with Crippen LogP contribution in [0.15, 0.2) is 23.3 Å². The fourth-order valence-electron chi connectivity index (χ4n) is 2.81. The van der Waals surface area contributed by atoms with Gasteiger partial charge >= 0.3 is 5.97 Å². The Bertz CT molecular complexity index is 569. The van der Waals surface area contributed by atoms with E-state index in [4.69, 9.17) is 14.5 Å². The summed E-state index contributed by atoms with van der Waals surface area (Å²) in [5, 5.41) is 3.32. The lowest BCUT2D eigenvalue weighted by molar-refractivity contribution is -0.146. The first-order valence-corrected chi connectivity index (χ1v) is 8.28. The van der Waals surface area contributed by atoms with Gasteiger partial charge in [-0.1, -0.05) is 6.07 Å². The largest absolute Gasteiger partial charge is 0.481 e. The Kier molecular flexibility index (Phi) is 6.84. The molecular weight excluding hydrogens is 308 g/mol. The van der Waals surface area contributed by atoms with Crippen molar-refractivity contribution in [3.05, 3.63) is 23.9 Å². The van der Waals surface area contributed by atoms with Crippen molar-refractivity contribution in [2.24, 2.45) is 10.9 Å². The molecule has 0 atom stereocenters. The standard InChI is InChI=1S/C17H26N4O3/c1-4-18-17(20-12-14-6-5-9-19-15(14)23-2)21-10-7-13(8-11-21)16(22)24-3/h5-6,9,13H,4,7-8,10-12H2,1-3H3,(H,18,20). The summed E-state index contributed by atoms with van der Waals surface area (Å²) in [5.41, 5.74) is 0.944. The summed E-state index contributed by atoms with van der Waals surface area (Å²) < 4.78 is 10.1. The summed E-state index contributed by atoms with van der Waals surface area (Å²) in [6, 6.07) is 3.84. The number of carbonyl (C=O) groups is 1. The molecule has 0 aliphatic carbocycles. The van der Waals surface area contributed by atoms with E-state index in [1.54, 1.807) is 13.3 Å². The Hall–Kier alpha value is -2.31. The topological polar surface area (TPSA) is 76.1 Å². The number of aliphatic imine (C=N–C) groups is 1. The first-order chi connectivity index (χ1) is 11.7. The molecule has 0 bridgehead atoms. The Morgan fingerprint density at radius 2 is 2.17 bits per heavy atom. The second kappa shape index (κ2) is 9.10. The minimum Gasteiger partial charge on any atom is -0.481 e. The van der Waals surface area contributed by atoms with Crippen molar-refractivity contribution in [2.45, 2.75) is 26.3 Å². The Labute approximate surface area is 143 Å². The number of likely N-dealkylation sites (tertiary alicyclic amines) is 1. The Morgan fingerprint density at radius 3 is 2.79 bits per heavy atom. The molecule has 0 aromatic carbocycles. The molecule has 1 aromatic heterocycles. The minimum absolute atomic E-state index is 0.00690. The van der Waals surface area contributed by atoms with Crippen molar-refractivity contribution < 1.29 is 14.3 Å². The molecule has 24 heavy (non-hydrogen) atoms. The highest BCUT2D eigenvalue weighted by atomic mass is 16.5. The van der Waals surface area contributed by atoms with Crippen LogP contribution < -0.4 is 10.1 Å². The molecule has 0 amide bonds. The predicted octanol–water partition coefficient (Wildman–Crippen LogP) is 1.44. The Balaban J connectivity index is 2.02. The molecule has 0 spiro atoms. The average Bonchev–Trinajstić information content (AvgIpc) is 2.64. The van der Waals surface area contributed by atoms with Crippen LogP contribution in [0.1, 0.15) is 25.3 Å². The molecule has 1 saturated heterocycles. The van der Waals surface area contributed by atoms with Gasteiger partial charge in [-0.2, -0.15) is 0 Å². The molecule has 1 aliphatic rings. The van der Waals surface area contributed by atoms with Gasteiger partial charge in [-0.05, 0) is 25.8 Å². The number of ether oxygens (including phenoxy) is 2. The zero-order chi connectivity index (χ0) is 17.4. The maximum absolute atomic E-state index is 11.6. The summed E-state index contributed by atoms with van der Waals surface area (Å²) in [4.78, 5) is 22.7. The number of rotatable bonds is 5. The maximum atomic E-state index is 11.6. The van der Waals surface area contributed by atoms with Crippen LogP contribution in [-0.4, -0.2) is 55.7 Å². The van der Waals surface area contributed by atoms with Crippen molar-refractivity contribution in [1.29, 1.82) is 0 Å². The van der Waals surface area contributed by atoms with Gasteiger partial charge in [0.1, 0.15) is 0 Å². The fraction of sp³-hybridized carbons (Fsp3) is 0.588. The summed E-state index contributed by atoms with van der Waals surface area (Å²) in [6.07, 6.45) is 3.27. The number of hydrogen-bond donors (Lipinski definition) is 1. The first kappa shape index (κ1) is 18.0. The molecule has 7 heteroatoms. The van der Waals surface area contributed by atoms with Gasteiger partial charge in [-0.15, -0.1) is 0 Å². The van der Waals surface area contributed by atoms with Gasteiger partial charge in [0, 0.05) is 31.4 Å². The van der Waals surface area contributed by atoms with Crippen LogP contribution in [0.5, 0.6) is 5.88 Å². The highest BCUT2D eigenvalue weighted by Gasteiger charge is 2.26. The highest BCUT2D eigenvalue weighted by Crippen LogP contribution is 2.19. The lowest BCUT2D eigenvalue weighted by Gasteiger charge is -2.33. The fourth-order valence-corrected chi connectivity index (χ4v) is 2.81. The monoisotopic (exact) mass is 334 g/mol. The lowest BCUT2D eigenvalue weighted by atomic mass is 9.97. The van der Waals surface area contributed by atoms with Gasteiger partial charge in [0.05, 0.1) is 26.7 Å². The van der Waals surface area contributed by atoms with Crippen molar-refractivity contribution in [3.63, 3.8) is 0 Å². The zero-order valence-electron chi connectivity index (χ0n) is 14.6. The van der Waals surface area contributed by atoms with E-state index in [-0.39, 0.29) is 11.9 Å². The zero-order valence-corrected chi connectivity index (χ0v) is 14.6. The number of esters is 1. The number of guanidine groups is 1. The number of hydrogen-bond acceptors (Lipinski definition) is 5. The average molecular weight is 334 g/mol. The number of nitrogens with one attached hydrogen (secondary N) is 1. The van der Waals surface area contributed by atoms with E-state index in [0.29, 0.717) is 12.4 Å². The minimum atomic E-state index is -0.114. The van der Waals surface area contributed by atoms with E-state index in [1.165, 1.54) is 7.11 Å². The molecule has 2 heterocycles. The SMILES string of the molecule is CCNC(=NCc1cccnc1OC)N1CCC(C(=O)OC)CC1. The molecule has 1 fully saturated rings. The van der Waals surface area contributed by atoms with Gasteiger partial charge in [-0.3, -0.25) is 4.79 Å². The summed E-state index contributed by atoms with van der Waals surface area (Å²) in [6.45, 7) is 4.91. The van der Waals surface area contributed by atoms with Crippen LogP contribution in [0.2, 0.25) is 0 Å². The third kappa shape index (κ3) is 4.59. The van der Waals surface area contributed by atoms with Crippen LogP contribution in [0.3, 0.4) is 0 Å². The molecule has 7 nitrogen and oxygen atoms in total. The Morgan fingerprint density at radius 1 is 1.42 bits per heavy atom. The summed E-state index contributed by atoms with van der Waals surface area (Å²) in [5.74, 6) is 1.33. The van der Waals surface area contributed by atoms with Gasteiger partial charge in [-0.25, -0.2) is 9.98 Å². The van der Waals surface area contributed by atoms with Crippen LogP contribution in [0.25, 0.3) is 0 Å². The maximum Gasteiger partial charge on any atom is 0.308 e. The molecule has 0 radical (unpaired) electrons.